The van der Waals surface area contributed by atoms with E-state index in [0.717, 1.165) is 0 Å². The molecule has 1 rings (SSSR count). The van der Waals surface area contributed by atoms with Gasteiger partial charge in [-0.05, 0) is 12.1 Å². The Labute approximate surface area is 70.2 Å². The molecule has 0 aliphatic rings. The Morgan fingerprint density at radius 2 is 2.45 bits per heavy atom. The van der Waals surface area contributed by atoms with Gasteiger partial charge in [0.2, 0.25) is 0 Å². The SMILES string of the molecule is CNC(=O)c1ncccc1S. The number of pyridine rings is 1. The molecule has 0 radical (unpaired) electrons. The molecule has 0 bridgehead atoms. The third-order valence-corrected chi connectivity index (χ3v) is 1.59. The van der Waals surface area contributed by atoms with E-state index in [2.05, 4.69) is 22.9 Å². The van der Waals surface area contributed by atoms with Crippen LogP contribution in [0.3, 0.4) is 0 Å². The quantitative estimate of drug-likeness (QED) is 0.607. The van der Waals surface area contributed by atoms with Crippen LogP contribution in [-0.4, -0.2) is 17.9 Å². The Hall–Kier alpha value is -1.03. The molecular formula is C7H8N2OS. The first-order valence-corrected chi connectivity index (χ1v) is 3.56. The second kappa shape index (κ2) is 3.39. The average Bonchev–Trinajstić information content (AvgIpc) is 2.04. The Balaban J connectivity index is 3.03. The van der Waals surface area contributed by atoms with Crippen molar-refractivity contribution in [3.63, 3.8) is 0 Å². The third kappa shape index (κ3) is 1.71. The van der Waals surface area contributed by atoms with Crippen molar-refractivity contribution in [1.29, 1.82) is 0 Å². The Morgan fingerprint density at radius 3 is 3.00 bits per heavy atom. The minimum Gasteiger partial charge on any atom is -0.354 e. The van der Waals surface area contributed by atoms with Crippen molar-refractivity contribution in [1.82, 2.24) is 10.3 Å². The molecule has 4 heteroatoms. The Bertz CT molecular complexity index is 275. The van der Waals surface area contributed by atoms with Crippen LogP contribution in [0.25, 0.3) is 0 Å². The zero-order valence-electron chi connectivity index (χ0n) is 6.03. The van der Waals surface area contributed by atoms with Gasteiger partial charge < -0.3 is 5.32 Å². The van der Waals surface area contributed by atoms with Crippen LogP contribution in [0.15, 0.2) is 23.2 Å². The average molecular weight is 168 g/mol. The van der Waals surface area contributed by atoms with Crippen LogP contribution in [0.4, 0.5) is 0 Å². The highest BCUT2D eigenvalue weighted by Crippen LogP contribution is 2.08. The standard InChI is InChI=1S/C7H8N2OS/c1-8-7(10)6-5(11)3-2-4-9-6/h2-4,11H,1H3,(H,8,10). The zero-order valence-corrected chi connectivity index (χ0v) is 6.93. The lowest BCUT2D eigenvalue weighted by Crippen LogP contribution is -2.19. The molecule has 0 aliphatic carbocycles. The summed E-state index contributed by atoms with van der Waals surface area (Å²) in [4.78, 5) is 15.5. The number of amides is 1. The molecule has 0 saturated carbocycles. The fourth-order valence-corrected chi connectivity index (χ4v) is 0.936. The molecule has 0 atom stereocenters. The van der Waals surface area contributed by atoms with Gasteiger partial charge in [0.15, 0.2) is 0 Å². The van der Waals surface area contributed by atoms with E-state index in [4.69, 9.17) is 0 Å². The predicted octanol–water partition coefficient (Wildman–Crippen LogP) is 0.730. The van der Waals surface area contributed by atoms with Gasteiger partial charge in [0.25, 0.3) is 5.91 Å². The third-order valence-electron chi connectivity index (χ3n) is 1.23. The zero-order chi connectivity index (χ0) is 8.27. The van der Waals surface area contributed by atoms with Gasteiger partial charge in [0.1, 0.15) is 5.69 Å². The Morgan fingerprint density at radius 1 is 1.73 bits per heavy atom. The number of thiol groups is 1. The predicted molar refractivity (Wildman–Crippen MR) is 44.9 cm³/mol. The summed E-state index contributed by atoms with van der Waals surface area (Å²) in [7, 11) is 1.56. The topological polar surface area (TPSA) is 42.0 Å². The summed E-state index contributed by atoms with van der Waals surface area (Å²) in [5.74, 6) is -0.212. The van der Waals surface area contributed by atoms with Crippen molar-refractivity contribution in [3.05, 3.63) is 24.0 Å². The van der Waals surface area contributed by atoms with E-state index in [9.17, 15) is 4.79 Å². The molecule has 11 heavy (non-hydrogen) atoms. The van der Waals surface area contributed by atoms with Crippen molar-refractivity contribution >= 4 is 18.5 Å². The molecule has 58 valence electrons. The van der Waals surface area contributed by atoms with Crippen LogP contribution in [0.1, 0.15) is 10.5 Å². The Kier molecular flexibility index (Phi) is 2.48. The molecule has 1 heterocycles. The highest BCUT2D eigenvalue weighted by atomic mass is 32.1. The van der Waals surface area contributed by atoms with E-state index in [1.807, 2.05) is 0 Å². The molecule has 0 aliphatic heterocycles. The van der Waals surface area contributed by atoms with Gasteiger partial charge in [-0.25, -0.2) is 4.98 Å². The highest BCUT2D eigenvalue weighted by molar-refractivity contribution is 7.80. The van der Waals surface area contributed by atoms with Crippen molar-refractivity contribution in [3.8, 4) is 0 Å². The first-order valence-electron chi connectivity index (χ1n) is 3.11. The molecular weight excluding hydrogens is 160 g/mol. The molecule has 0 spiro atoms. The minimum absolute atomic E-state index is 0.212. The number of nitrogens with one attached hydrogen (secondary N) is 1. The van der Waals surface area contributed by atoms with Crippen molar-refractivity contribution < 1.29 is 4.79 Å². The van der Waals surface area contributed by atoms with Gasteiger partial charge in [0.05, 0.1) is 0 Å². The fourth-order valence-electron chi connectivity index (χ4n) is 0.690. The highest BCUT2D eigenvalue weighted by Gasteiger charge is 2.06. The maximum Gasteiger partial charge on any atom is 0.270 e. The number of hydrogen-bond donors (Lipinski definition) is 2. The van der Waals surface area contributed by atoms with Crippen LogP contribution in [0, 0.1) is 0 Å². The van der Waals surface area contributed by atoms with Gasteiger partial charge >= 0.3 is 0 Å². The van der Waals surface area contributed by atoms with E-state index >= 15 is 0 Å². The minimum atomic E-state index is -0.212. The van der Waals surface area contributed by atoms with Crippen LogP contribution in [0.2, 0.25) is 0 Å². The van der Waals surface area contributed by atoms with E-state index in [0.29, 0.717) is 10.6 Å². The van der Waals surface area contributed by atoms with E-state index in [-0.39, 0.29) is 5.91 Å². The second-order valence-corrected chi connectivity index (χ2v) is 2.43. The summed E-state index contributed by atoms with van der Waals surface area (Å²) < 4.78 is 0. The smallest absolute Gasteiger partial charge is 0.270 e. The summed E-state index contributed by atoms with van der Waals surface area (Å²) in [6, 6.07) is 3.45. The van der Waals surface area contributed by atoms with Gasteiger partial charge in [-0.2, -0.15) is 0 Å². The number of aromatic nitrogens is 1. The lowest BCUT2D eigenvalue weighted by Gasteiger charge is -1.99. The summed E-state index contributed by atoms with van der Waals surface area (Å²) in [6.45, 7) is 0. The lowest BCUT2D eigenvalue weighted by atomic mass is 10.3. The molecule has 1 aromatic rings. The number of carbonyl (C=O) groups is 1. The largest absolute Gasteiger partial charge is 0.354 e. The molecule has 0 saturated heterocycles. The molecule has 3 nitrogen and oxygen atoms in total. The summed E-state index contributed by atoms with van der Waals surface area (Å²) in [6.07, 6.45) is 1.56. The maximum atomic E-state index is 11.0. The molecule has 1 N–H and O–H groups in total. The van der Waals surface area contributed by atoms with Gasteiger partial charge in [-0.3, -0.25) is 4.79 Å². The summed E-state index contributed by atoms with van der Waals surface area (Å²) >= 11 is 4.07. The monoisotopic (exact) mass is 168 g/mol. The molecule has 1 aromatic heterocycles. The number of rotatable bonds is 1. The van der Waals surface area contributed by atoms with E-state index in [1.165, 1.54) is 0 Å². The van der Waals surface area contributed by atoms with Crippen LogP contribution < -0.4 is 5.32 Å². The first kappa shape index (κ1) is 8.07. The summed E-state index contributed by atoms with van der Waals surface area (Å²) in [5.41, 5.74) is 0.360. The number of hydrogen-bond acceptors (Lipinski definition) is 3. The molecule has 1 amide bonds. The van der Waals surface area contributed by atoms with Crippen LogP contribution >= 0.6 is 12.6 Å². The van der Waals surface area contributed by atoms with Gasteiger partial charge in [0, 0.05) is 18.1 Å². The van der Waals surface area contributed by atoms with Crippen LogP contribution in [-0.2, 0) is 0 Å². The normalized spacial score (nSPS) is 9.27. The first-order chi connectivity index (χ1) is 5.25. The number of nitrogens with zero attached hydrogens (tertiary/aromatic N) is 1. The van der Waals surface area contributed by atoms with Crippen molar-refractivity contribution in [2.24, 2.45) is 0 Å². The molecule has 0 aromatic carbocycles. The molecule has 0 unspecified atom stereocenters. The van der Waals surface area contributed by atoms with E-state index in [1.54, 1.807) is 25.4 Å². The van der Waals surface area contributed by atoms with Gasteiger partial charge in [-0.1, -0.05) is 0 Å². The molecule has 0 fully saturated rings. The second-order valence-electron chi connectivity index (χ2n) is 1.95. The lowest BCUT2D eigenvalue weighted by molar-refractivity contribution is 0.0955. The van der Waals surface area contributed by atoms with Crippen molar-refractivity contribution in [2.45, 2.75) is 4.90 Å². The maximum absolute atomic E-state index is 11.0. The van der Waals surface area contributed by atoms with E-state index < -0.39 is 0 Å². The summed E-state index contributed by atoms with van der Waals surface area (Å²) in [5, 5.41) is 2.47. The fraction of sp³-hybridized carbons (Fsp3) is 0.143. The van der Waals surface area contributed by atoms with Gasteiger partial charge in [-0.15, -0.1) is 12.6 Å². The van der Waals surface area contributed by atoms with Crippen LogP contribution in [0.5, 0.6) is 0 Å². The van der Waals surface area contributed by atoms with Crippen molar-refractivity contribution in [2.75, 3.05) is 7.05 Å². The number of carbonyl (C=O) groups excluding carboxylic acids is 1.